The smallest absolute Gasteiger partial charge is 0.119 e. The van der Waals surface area contributed by atoms with Gasteiger partial charge in [-0.3, -0.25) is 0 Å². The number of nitrogens with two attached hydrogens (primary N) is 1. The lowest BCUT2D eigenvalue weighted by Gasteiger charge is -2.07. The number of benzene rings is 2. The standard InChI is InChI=1S/C15H13N3O/c1-19-13-5-6-14-11(8-13)9-17-18-15(14)10-3-2-4-12(16)7-10/h2-9H,16H2,1H3. The molecule has 0 amide bonds. The van der Waals surface area contributed by atoms with E-state index in [1.54, 1.807) is 13.3 Å². The van der Waals surface area contributed by atoms with Gasteiger partial charge in [-0.2, -0.15) is 5.10 Å². The van der Waals surface area contributed by atoms with Gasteiger partial charge in [0, 0.05) is 22.0 Å². The lowest BCUT2D eigenvalue weighted by molar-refractivity contribution is 0.415. The zero-order chi connectivity index (χ0) is 13.2. The molecule has 0 aliphatic heterocycles. The van der Waals surface area contributed by atoms with Crippen molar-refractivity contribution in [1.82, 2.24) is 10.2 Å². The van der Waals surface area contributed by atoms with Crippen molar-refractivity contribution in [2.24, 2.45) is 0 Å². The molecular weight excluding hydrogens is 238 g/mol. The molecule has 94 valence electrons. The minimum atomic E-state index is 0.713. The van der Waals surface area contributed by atoms with Crippen molar-refractivity contribution in [3.05, 3.63) is 48.7 Å². The number of methoxy groups -OCH3 is 1. The molecule has 2 aromatic carbocycles. The highest BCUT2D eigenvalue weighted by atomic mass is 16.5. The zero-order valence-electron chi connectivity index (χ0n) is 10.5. The number of rotatable bonds is 2. The van der Waals surface area contributed by atoms with E-state index in [9.17, 15) is 0 Å². The number of nitrogen functional groups attached to an aromatic ring is 1. The number of aromatic nitrogens is 2. The number of nitrogens with zero attached hydrogens (tertiary/aromatic N) is 2. The summed E-state index contributed by atoms with van der Waals surface area (Å²) < 4.78 is 5.22. The van der Waals surface area contributed by atoms with Gasteiger partial charge in [0.25, 0.3) is 0 Å². The van der Waals surface area contributed by atoms with Gasteiger partial charge in [-0.25, -0.2) is 0 Å². The topological polar surface area (TPSA) is 61.0 Å². The fraction of sp³-hybridized carbons (Fsp3) is 0.0667. The van der Waals surface area contributed by atoms with E-state index in [2.05, 4.69) is 10.2 Å². The summed E-state index contributed by atoms with van der Waals surface area (Å²) >= 11 is 0. The van der Waals surface area contributed by atoms with Gasteiger partial charge in [0.1, 0.15) is 11.4 Å². The summed E-state index contributed by atoms with van der Waals surface area (Å²) in [4.78, 5) is 0. The van der Waals surface area contributed by atoms with E-state index >= 15 is 0 Å². The van der Waals surface area contributed by atoms with Gasteiger partial charge in [0.15, 0.2) is 0 Å². The average molecular weight is 251 g/mol. The van der Waals surface area contributed by atoms with Crippen LogP contribution in [-0.4, -0.2) is 17.3 Å². The van der Waals surface area contributed by atoms with Crippen LogP contribution in [0.1, 0.15) is 0 Å². The highest BCUT2D eigenvalue weighted by Gasteiger charge is 2.07. The van der Waals surface area contributed by atoms with Crippen molar-refractivity contribution in [3.63, 3.8) is 0 Å². The van der Waals surface area contributed by atoms with E-state index in [0.717, 1.165) is 27.8 Å². The van der Waals surface area contributed by atoms with Gasteiger partial charge in [0.05, 0.1) is 13.3 Å². The quantitative estimate of drug-likeness (QED) is 0.711. The normalized spacial score (nSPS) is 10.6. The van der Waals surface area contributed by atoms with E-state index in [-0.39, 0.29) is 0 Å². The molecule has 0 radical (unpaired) electrons. The first-order valence-electron chi connectivity index (χ1n) is 5.93. The Bertz CT molecular complexity index is 740. The third kappa shape index (κ3) is 2.08. The van der Waals surface area contributed by atoms with Crippen LogP contribution >= 0.6 is 0 Å². The molecule has 0 unspecified atom stereocenters. The van der Waals surface area contributed by atoms with Crippen LogP contribution in [0.25, 0.3) is 22.0 Å². The first-order valence-corrected chi connectivity index (χ1v) is 5.93. The predicted octanol–water partition coefficient (Wildman–Crippen LogP) is 2.89. The van der Waals surface area contributed by atoms with E-state index in [1.807, 2.05) is 42.5 Å². The monoisotopic (exact) mass is 251 g/mol. The molecule has 0 saturated heterocycles. The van der Waals surface area contributed by atoms with E-state index in [0.29, 0.717) is 5.69 Å². The van der Waals surface area contributed by atoms with Gasteiger partial charge in [-0.1, -0.05) is 12.1 Å². The Morgan fingerprint density at radius 1 is 1.11 bits per heavy atom. The van der Waals surface area contributed by atoms with Crippen LogP contribution in [0.15, 0.2) is 48.7 Å². The second-order valence-corrected chi connectivity index (χ2v) is 4.27. The van der Waals surface area contributed by atoms with Crippen molar-refractivity contribution in [2.45, 2.75) is 0 Å². The Kier molecular flexibility index (Phi) is 2.76. The van der Waals surface area contributed by atoms with Gasteiger partial charge in [0.2, 0.25) is 0 Å². The van der Waals surface area contributed by atoms with E-state index < -0.39 is 0 Å². The summed E-state index contributed by atoms with van der Waals surface area (Å²) in [6.07, 6.45) is 1.73. The van der Waals surface area contributed by atoms with E-state index in [4.69, 9.17) is 10.5 Å². The Morgan fingerprint density at radius 2 is 2.00 bits per heavy atom. The predicted molar refractivity (Wildman–Crippen MR) is 75.9 cm³/mol. The Morgan fingerprint density at radius 3 is 2.79 bits per heavy atom. The van der Waals surface area contributed by atoms with Crippen molar-refractivity contribution >= 4 is 16.5 Å². The van der Waals surface area contributed by atoms with Crippen molar-refractivity contribution in [2.75, 3.05) is 12.8 Å². The van der Waals surface area contributed by atoms with E-state index in [1.165, 1.54) is 0 Å². The number of fused-ring (bicyclic) bond motifs is 1. The van der Waals surface area contributed by atoms with Gasteiger partial charge >= 0.3 is 0 Å². The Balaban J connectivity index is 2.24. The molecule has 1 heterocycles. The molecule has 3 aromatic rings. The summed E-state index contributed by atoms with van der Waals surface area (Å²) in [6, 6.07) is 13.5. The summed E-state index contributed by atoms with van der Waals surface area (Å²) in [5, 5.41) is 10.3. The number of hydrogen-bond acceptors (Lipinski definition) is 4. The molecular formula is C15H13N3O. The summed E-state index contributed by atoms with van der Waals surface area (Å²) in [6.45, 7) is 0. The molecule has 1 aromatic heterocycles. The Labute approximate surface area is 110 Å². The summed E-state index contributed by atoms with van der Waals surface area (Å²) in [5.74, 6) is 0.805. The highest BCUT2D eigenvalue weighted by Crippen LogP contribution is 2.28. The first-order chi connectivity index (χ1) is 9.28. The number of hydrogen-bond donors (Lipinski definition) is 1. The summed E-state index contributed by atoms with van der Waals surface area (Å²) in [7, 11) is 1.65. The number of ether oxygens (including phenoxy) is 1. The maximum Gasteiger partial charge on any atom is 0.119 e. The minimum Gasteiger partial charge on any atom is -0.497 e. The molecule has 2 N–H and O–H groups in total. The lowest BCUT2D eigenvalue weighted by atomic mass is 10.0. The molecule has 0 saturated carbocycles. The van der Waals surface area contributed by atoms with Crippen molar-refractivity contribution < 1.29 is 4.74 Å². The average Bonchev–Trinajstić information content (AvgIpc) is 2.46. The molecule has 0 bridgehead atoms. The van der Waals surface area contributed by atoms with Crippen LogP contribution in [0.5, 0.6) is 5.75 Å². The molecule has 0 spiro atoms. The van der Waals surface area contributed by atoms with Crippen molar-refractivity contribution in [3.8, 4) is 17.0 Å². The molecule has 19 heavy (non-hydrogen) atoms. The highest BCUT2D eigenvalue weighted by molar-refractivity contribution is 5.94. The molecule has 3 rings (SSSR count). The maximum atomic E-state index is 5.82. The van der Waals surface area contributed by atoms with Crippen molar-refractivity contribution in [1.29, 1.82) is 0 Å². The lowest BCUT2D eigenvalue weighted by Crippen LogP contribution is -1.92. The second kappa shape index (κ2) is 4.57. The maximum absolute atomic E-state index is 5.82. The molecule has 4 nitrogen and oxygen atoms in total. The van der Waals surface area contributed by atoms with Crippen LogP contribution in [0.3, 0.4) is 0 Å². The van der Waals surface area contributed by atoms with Gasteiger partial charge < -0.3 is 10.5 Å². The zero-order valence-corrected chi connectivity index (χ0v) is 10.5. The Hall–Kier alpha value is -2.62. The third-order valence-electron chi connectivity index (χ3n) is 3.03. The van der Waals surface area contributed by atoms with Crippen LogP contribution in [0.4, 0.5) is 5.69 Å². The van der Waals surface area contributed by atoms with Gasteiger partial charge in [-0.05, 0) is 30.3 Å². The fourth-order valence-electron chi connectivity index (χ4n) is 2.09. The molecule has 0 atom stereocenters. The fourth-order valence-corrected chi connectivity index (χ4v) is 2.09. The molecule has 0 aliphatic carbocycles. The second-order valence-electron chi connectivity index (χ2n) is 4.27. The molecule has 4 heteroatoms. The molecule has 0 aliphatic rings. The third-order valence-corrected chi connectivity index (χ3v) is 3.03. The van der Waals surface area contributed by atoms with Crippen LogP contribution in [0, 0.1) is 0 Å². The number of anilines is 1. The summed E-state index contributed by atoms with van der Waals surface area (Å²) in [5.41, 5.74) is 8.32. The van der Waals surface area contributed by atoms with Crippen LogP contribution in [-0.2, 0) is 0 Å². The minimum absolute atomic E-state index is 0.713. The largest absolute Gasteiger partial charge is 0.497 e. The van der Waals surface area contributed by atoms with Gasteiger partial charge in [-0.15, -0.1) is 5.10 Å². The SMILES string of the molecule is COc1ccc2c(-c3cccc(N)c3)nncc2c1. The van der Waals surface area contributed by atoms with Crippen LogP contribution < -0.4 is 10.5 Å². The molecule has 0 fully saturated rings. The first kappa shape index (κ1) is 11.5. The van der Waals surface area contributed by atoms with Crippen LogP contribution in [0.2, 0.25) is 0 Å².